The zero-order valence-corrected chi connectivity index (χ0v) is 18.9. The fraction of sp³-hybridized carbons (Fsp3) is 0.273. The van der Waals surface area contributed by atoms with Crippen molar-refractivity contribution in [1.82, 2.24) is 29.9 Å². The molecular formula is C22H20ClF3N8O. The predicted molar refractivity (Wildman–Crippen MR) is 123 cm³/mol. The van der Waals surface area contributed by atoms with Crippen LogP contribution in [0.15, 0.2) is 43.0 Å². The smallest absolute Gasteiger partial charge is 0.349 e. The number of aromatic amines is 1. The summed E-state index contributed by atoms with van der Waals surface area (Å²) < 4.78 is 41.4. The van der Waals surface area contributed by atoms with Gasteiger partial charge in [-0.15, -0.1) is 0 Å². The summed E-state index contributed by atoms with van der Waals surface area (Å²) in [6.07, 6.45) is 3.23. The number of nitrogens with one attached hydrogen (secondary N) is 3. The number of nitrogens with two attached hydrogens (primary N) is 1. The van der Waals surface area contributed by atoms with Gasteiger partial charge < -0.3 is 16.4 Å². The molecule has 0 aliphatic heterocycles. The van der Waals surface area contributed by atoms with Crippen molar-refractivity contribution in [3.8, 4) is 11.3 Å². The Morgan fingerprint density at radius 3 is 2.80 bits per heavy atom. The molecule has 1 aliphatic carbocycles. The molecule has 0 bridgehead atoms. The zero-order chi connectivity index (χ0) is 24.7. The number of alkyl halides is 3. The number of carbonyl (C=O) groups is 1. The van der Waals surface area contributed by atoms with Gasteiger partial charge in [0.25, 0.3) is 5.91 Å². The van der Waals surface area contributed by atoms with Crippen LogP contribution in [0, 0.1) is 0 Å². The Hall–Kier alpha value is -3.64. The quantitative estimate of drug-likeness (QED) is 0.323. The number of H-pyrrole nitrogens is 1. The van der Waals surface area contributed by atoms with E-state index in [1.165, 1.54) is 29.2 Å². The first-order valence-electron chi connectivity index (χ1n) is 10.8. The summed E-state index contributed by atoms with van der Waals surface area (Å²) in [6.45, 7) is 0. The minimum Gasteiger partial charge on any atom is -0.349 e. The van der Waals surface area contributed by atoms with Crippen molar-refractivity contribution in [1.29, 1.82) is 0 Å². The Morgan fingerprint density at radius 1 is 1.26 bits per heavy atom. The van der Waals surface area contributed by atoms with Crippen LogP contribution in [0.3, 0.4) is 0 Å². The summed E-state index contributed by atoms with van der Waals surface area (Å²) >= 11 is 6.37. The molecule has 5 N–H and O–H groups in total. The molecule has 1 saturated carbocycles. The highest BCUT2D eigenvalue weighted by Crippen LogP contribution is 2.36. The van der Waals surface area contributed by atoms with Crippen molar-refractivity contribution in [2.75, 3.05) is 5.32 Å². The van der Waals surface area contributed by atoms with Gasteiger partial charge in [0, 0.05) is 36.4 Å². The molecule has 9 nitrogen and oxygen atoms in total. The molecule has 2 atom stereocenters. The number of rotatable bonds is 5. The Morgan fingerprint density at radius 2 is 2.09 bits per heavy atom. The number of hydrogen-bond acceptors (Lipinski definition) is 6. The molecule has 182 valence electrons. The van der Waals surface area contributed by atoms with Gasteiger partial charge in [-0.05, 0) is 37.5 Å². The number of imidazole rings is 1. The highest BCUT2D eigenvalue weighted by atomic mass is 35.5. The number of nitrogens with zero attached hydrogens (tertiary/aromatic N) is 4. The first kappa shape index (κ1) is 23.1. The summed E-state index contributed by atoms with van der Waals surface area (Å²) in [5, 5.41) is 11.8. The molecule has 1 aliphatic rings. The van der Waals surface area contributed by atoms with Crippen molar-refractivity contribution in [3.05, 3.63) is 59.3 Å². The number of anilines is 2. The molecule has 1 fully saturated rings. The van der Waals surface area contributed by atoms with Crippen LogP contribution >= 0.6 is 11.6 Å². The lowest BCUT2D eigenvalue weighted by atomic mass is 10.1. The van der Waals surface area contributed by atoms with Gasteiger partial charge in [-0.1, -0.05) is 11.6 Å². The number of amides is 1. The lowest BCUT2D eigenvalue weighted by molar-refractivity contribution is -0.140. The minimum atomic E-state index is -4.62. The van der Waals surface area contributed by atoms with Gasteiger partial charge in [0.05, 0.1) is 28.0 Å². The topological polar surface area (TPSA) is 126 Å². The van der Waals surface area contributed by atoms with Crippen LogP contribution in [0.5, 0.6) is 0 Å². The molecule has 1 aromatic carbocycles. The van der Waals surface area contributed by atoms with E-state index in [-0.39, 0.29) is 34.3 Å². The van der Waals surface area contributed by atoms with E-state index in [1.807, 2.05) is 0 Å². The third kappa shape index (κ3) is 4.54. The molecule has 4 aromatic rings. The fourth-order valence-corrected chi connectivity index (χ4v) is 4.50. The summed E-state index contributed by atoms with van der Waals surface area (Å²) in [7, 11) is 0. The lowest BCUT2D eigenvalue weighted by Crippen LogP contribution is -2.34. The number of aromatic nitrogens is 5. The largest absolute Gasteiger partial charge is 0.435 e. The Bertz CT molecular complexity index is 1400. The highest BCUT2D eigenvalue weighted by molar-refractivity contribution is 6.34. The van der Waals surface area contributed by atoms with Crippen LogP contribution in [-0.4, -0.2) is 42.6 Å². The molecule has 3 heterocycles. The van der Waals surface area contributed by atoms with Gasteiger partial charge in [0.1, 0.15) is 0 Å². The van der Waals surface area contributed by atoms with Crippen molar-refractivity contribution in [2.45, 2.75) is 37.5 Å². The van der Waals surface area contributed by atoms with Crippen molar-refractivity contribution < 1.29 is 18.0 Å². The van der Waals surface area contributed by atoms with Crippen LogP contribution < -0.4 is 16.4 Å². The molecule has 0 radical (unpaired) electrons. The SMILES string of the molecule is N[C@@H]1CC[C@@H](NC(=O)c2ccc(Nc3nccn4c(-c5c[nH]nc5C(F)(F)F)cnc34)cc2Cl)C1. The summed E-state index contributed by atoms with van der Waals surface area (Å²) in [5.74, 6) is 0.0170. The number of hydrogen-bond donors (Lipinski definition) is 4. The van der Waals surface area contributed by atoms with E-state index >= 15 is 0 Å². The van der Waals surface area contributed by atoms with Crippen molar-refractivity contribution >= 4 is 34.7 Å². The molecule has 5 rings (SSSR count). The van der Waals surface area contributed by atoms with Gasteiger partial charge in [-0.2, -0.15) is 18.3 Å². The summed E-state index contributed by atoms with van der Waals surface area (Å²) in [4.78, 5) is 21.1. The summed E-state index contributed by atoms with van der Waals surface area (Å²) in [5.41, 5.74) is 6.08. The van der Waals surface area contributed by atoms with Crippen LogP contribution in [0.2, 0.25) is 5.02 Å². The maximum atomic E-state index is 13.3. The molecule has 0 unspecified atom stereocenters. The number of fused-ring (bicyclic) bond motifs is 1. The molecule has 0 saturated heterocycles. The number of halogens is 4. The molecule has 3 aromatic heterocycles. The summed E-state index contributed by atoms with van der Waals surface area (Å²) in [6, 6.07) is 4.94. The van der Waals surface area contributed by atoms with Gasteiger partial charge in [0.15, 0.2) is 17.2 Å². The number of carbonyl (C=O) groups excluding carboxylic acids is 1. The normalized spacial score (nSPS) is 18.2. The van der Waals surface area contributed by atoms with Gasteiger partial charge >= 0.3 is 6.18 Å². The van der Waals surface area contributed by atoms with E-state index in [0.29, 0.717) is 22.7 Å². The van der Waals surface area contributed by atoms with Crippen LogP contribution in [0.4, 0.5) is 24.7 Å². The van der Waals surface area contributed by atoms with E-state index < -0.39 is 11.9 Å². The van der Waals surface area contributed by atoms with Crippen LogP contribution in [0.25, 0.3) is 16.9 Å². The second-order valence-electron chi connectivity index (χ2n) is 8.32. The lowest BCUT2D eigenvalue weighted by Gasteiger charge is -2.14. The molecule has 1 amide bonds. The Kier molecular flexibility index (Phi) is 5.85. The molecule has 35 heavy (non-hydrogen) atoms. The van der Waals surface area contributed by atoms with Crippen molar-refractivity contribution in [2.24, 2.45) is 5.73 Å². The second kappa shape index (κ2) is 8.86. The first-order valence-corrected chi connectivity index (χ1v) is 11.1. The monoisotopic (exact) mass is 504 g/mol. The second-order valence-corrected chi connectivity index (χ2v) is 8.73. The van der Waals surface area contributed by atoms with Gasteiger partial charge in [-0.25, -0.2) is 9.97 Å². The first-order chi connectivity index (χ1) is 16.7. The average Bonchev–Trinajstić information content (AvgIpc) is 3.53. The van der Waals surface area contributed by atoms with Crippen LogP contribution in [0.1, 0.15) is 35.3 Å². The molecule has 13 heteroatoms. The van der Waals surface area contributed by atoms with E-state index in [4.69, 9.17) is 17.3 Å². The Balaban J connectivity index is 1.39. The molecular weight excluding hydrogens is 485 g/mol. The van der Waals surface area contributed by atoms with Gasteiger partial charge in [-0.3, -0.25) is 14.3 Å². The molecule has 0 spiro atoms. The number of benzene rings is 1. The third-order valence-corrected chi connectivity index (χ3v) is 6.21. The van der Waals surface area contributed by atoms with Crippen molar-refractivity contribution in [3.63, 3.8) is 0 Å². The standard InChI is InChI=1S/C22H20ClF3N8O/c23-16-8-13(3-4-14(16)21(35)32-12-2-1-11(27)7-12)31-19-20-29-10-17(34(20)6-5-28-19)15-9-30-33-18(15)22(24,25)26/h3-6,8-12H,1-2,7,27H2,(H,28,31)(H,30,33)(H,32,35)/t11-,12-/m1/s1. The van der Waals surface area contributed by atoms with E-state index in [9.17, 15) is 18.0 Å². The highest BCUT2D eigenvalue weighted by Gasteiger charge is 2.37. The minimum absolute atomic E-state index is 0.0240. The predicted octanol–water partition coefficient (Wildman–Crippen LogP) is 4.14. The van der Waals surface area contributed by atoms with E-state index in [0.717, 1.165) is 19.3 Å². The fourth-order valence-electron chi connectivity index (χ4n) is 4.23. The van der Waals surface area contributed by atoms with E-state index in [2.05, 4.69) is 30.8 Å². The maximum absolute atomic E-state index is 13.3. The average molecular weight is 505 g/mol. The van der Waals surface area contributed by atoms with E-state index in [1.54, 1.807) is 18.2 Å². The van der Waals surface area contributed by atoms with Gasteiger partial charge in [0.2, 0.25) is 0 Å². The Labute approximate surface area is 201 Å². The van der Waals surface area contributed by atoms with Crippen LogP contribution in [-0.2, 0) is 6.18 Å². The zero-order valence-electron chi connectivity index (χ0n) is 18.1. The maximum Gasteiger partial charge on any atom is 0.435 e. The third-order valence-electron chi connectivity index (χ3n) is 5.90.